The van der Waals surface area contributed by atoms with Gasteiger partial charge in [0.15, 0.2) is 0 Å². The first kappa shape index (κ1) is 31.4. The molecule has 0 spiro atoms. The molecule has 0 atom stereocenters. The standard InChI is InChI=1S/C27H34N6O2.2ClH/c1-17-10-18(15-32(2)22-8-6-20(26(28)29)13-24(22)34-4)12-19(11-17)16-33(3)23-9-7-21(27(30)31)14-25(23)35-5;;/h6-14H,15-16H2,1-5H3,(H3,28,29)(H3,30,31);2*1H. The van der Waals surface area contributed by atoms with Gasteiger partial charge in [0, 0.05) is 38.3 Å². The lowest BCUT2D eigenvalue weighted by atomic mass is 10.0. The molecule has 8 nitrogen and oxygen atoms in total. The SMILES string of the molecule is COc1cc(C(=N)N)ccc1N(C)Cc1cc(C)cc(CN(C)c2ccc(C(=N)N)cc2OC)c1.Cl.Cl. The molecule has 0 aliphatic rings. The lowest BCUT2D eigenvalue weighted by Gasteiger charge is -2.25. The monoisotopic (exact) mass is 546 g/mol. The molecular weight excluding hydrogens is 511 g/mol. The molecule has 0 saturated carbocycles. The van der Waals surface area contributed by atoms with Crippen LogP contribution in [0, 0.1) is 17.7 Å². The third-order valence-corrected chi connectivity index (χ3v) is 5.84. The maximum Gasteiger partial charge on any atom is 0.142 e. The van der Waals surface area contributed by atoms with Crippen molar-refractivity contribution in [2.24, 2.45) is 11.5 Å². The lowest BCUT2D eigenvalue weighted by Crippen LogP contribution is -2.20. The minimum atomic E-state index is 0. The van der Waals surface area contributed by atoms with E-state index in [1.807, 2.05) is 38.4 Å². The fourth-order valence-electron chi connectivity index (χ4n) is 4.17. The molecule has 0 radical (unpaired) electrons. The van der Waals surface area contributed by atoms with Crippen LogP contribution in [0.1, 0.15) is 27.8 Å². The molecule has 0 bridgehead atoms. The molecule has 10 heteroatoms. The van der Waals surface area contributed by atoms with Gasteiger partial charge >= 0.3 is 0 Å². The number of nitrogen functional groups attached to an aromatic ring is 2. The van der Waals surface area contributed by atoms with Gasteiger partial charge in [-0.1, -0.05) is 23.8 Å². The van der Waals surface area contributed by atoms with Crippen LogP contribution in [-0.2, 0) is 13.1 Å². The average molecular weight is 548 g/mol. The van der Waals surface area contributed by atoms with E-state index < -0.39 is 0 Å². The third-order valence-electron chi connectivity index (χ3n) is 5.84. The van der Waals surface area contributed by atoms with Crippen LogP contribution in [0.4, 0.5) is 11.4 Å². The van der Waals surface area contributed by atoms with E-state index in [9.17, 15) is 0 Å². The van der Waals surface area contributed by atoms with Crippen LogP contribution in [0.15, 0.2) is 54.6 Å². The van der Waals surface area contributed by atoms with Crippen molar-refractivity contribution in [3.63, 3.8) is 0 Å². The number of halogens is 2. The van der Waals surface area contributed by atoms with Gasteiger partial charge in [-0.25, -0.2) is 0 Å². The zero-order valence-electron chi connectivity index (χ0n) is 21.8. The molecule has 6 N–H and O–H groups in total. The Balaban J connectivity index is 0.00000342. The number of anilines is 2. The highest BCUT2D eigenvalue weighted by Gasteiger charge is 2.14. The second kappa shape index (κ2) is 13.6. The Labute approximate surface area is 231 Å². The minimum Gasteiger partial charge on any atom is -0.495 e. The number of nitrogens with one attached hydrogen (secondary N) is 2. The van der Waals surface area contributed by atoms with Crippen molar-refractivity contribution in [2.45, 2.75) is 20.0 Å². The summed E-state index contributed by atoms with van der Waals surface area (Å²) in [5.41, 5.74) is 17.9. The van der Waals surface area contributed by atoms with Gasteiger partial charge in [-0.2, -0.15) is 0 Å². The highest BCUT2D eigenvalue weighted by molar-refractivity contribution is 5.96. The van der Waals surface area contributed by atoms with E-state index in [-0.39, 0.29) is 36.5 Å². The number of nitrogens with zero attached hydrogens (tertiary/aromatic N) is 2. The topological polar surface area (TPSA) is 125 Å². The summed E-state index contributed by atoms with van der Waals surface area (Å²) in [7, 11) is 7.27. The molecule has 0 amide bonds. The zero-order valence-corrected chi connectivity index (χ0v) is 23.4. The van der Waals surface area contributed by atoms with Crippen LogP contribution in [0.25, 0.3) is 0 Å². The Morgan fingerprint density at radius 1 is 0.703 bits per heavy atom. The van der Waals surface area contributed by atoms with Crippen LogP contribution >= 0.6 is 24.8 Å². The van der Waals surface area contributed by atoms with Gasteiger partial charge in [-0.05, 0) is 54.4 Å². The zero-order chi connectivity index (χ0) is 25.7. The number of ether oxygens (including phenoxy) is 2. The largest absolute Gasteiger partial charge is 0.495 e. The summed E-state index contributed by atoms with van der Waals surface area (Å²) in [5.74, 6) is 1.37. The van der Waals surface area contributed by atoms with Gasteiger partial charge in [-0.3, -0.25) is 10.8 Å². The molecule has 3 aromatic rings. The van der Waals surface area contributed by atoms with Crippen LogP contribution in [0.3, 0.4) is 0 Å². The van der Waals surface area contributed by atoms with E-state index in [4.69, 9.17) is 31.8 Å². The molecule has 0 aromatic heterocycles. The highest BCUT2D eigenvalue weighted by Crippen LogP contribution is 2.31. The van der Waals surface area contributed by atoms with Gasteiger partial charge in [0.25, 0.3) is 0 Å². The molecule has 0 aliphatic carbocycles. The maximum atomic E-state index is 7.67. The van der Waals surface area contributed by atoms with Crippen LogP contribution in [0.2, 0.25) is 0 Å². The highest BCUT2D eigenvalue weighted by atomic mass is 35.5. The fourth-order valence-corrected chi connectivity index (χ4v) is 4.17. The number of benzene rings is 3. The van der Waals surface area contributed by atoms with Crippen molar-refractivity contribution >= 4 is 47.9 Å². The molecule has 0 unspecified atom stereocenters. The third kappa shape index (κ3) is 7.68. The number of aryl methyl sites for hydroxylation is 1. The van der Waals surface area contributed by atoms with Crippen LogP contribution < -0.4 is 30.7 Å². The summed E-state index contributed by atoms with van der Waals surface area (Å²) in [6, 6.07) is 17.7. The second-order valence-corrected chi connectivity index (χ2v) is 8.64. The summed E-state index contributed by atoms with van der Waals surface area (Å²) in [6.07, 6.45) is 0. The molecular formula is C27H36Cl2N6O2. The smallest absolute Gasteiger partial charge is 0.142 e. The number of hydrogen-bond donors (Lipinski definition) is 4. The van der Waals surface area contributed by atoms with E-state index >= 15 is 0 Å². The van der Waals surface area contributed by atoms with Gasteiger partial charge in [0.1, 0.15) is 23.2 Å². The Morgan fingerprint density at radius 3 is 1.41 bits per heavy atom. The minimum absolute atomic E-state index is 0. The molecule has 0 heterocycles. The van der Waals surface area contributed by atoms with E-state index in [0.29, 0.717) is 35.7 Å². The number of nitrogens with two attached hydrogens (primary N) is 2. The number of rotatable bonds is 10. The maximum absolute atomic E-state index is 7.67. The second-order valence-electron chi connectivity index (χ2n) is 8.64. The number of methoxy groups -OCH3 is 2. The predicted octanol–water partition coefficient (Wildman–Crippen LogP) is 4.70. The fraction of sp³-hybridized carbons (Fsp3) is 0.259. The first-order valence-corrected chi connectivity index (χ1v) is 11.2. The predicted molar refractivity (Wildman–Crippen MR) is 158 cm³/mol. The molecule has 200 valence electrons. The van der Waals surface area contributed by atoms with Crippen molar-refractivity contribution in [3.8, 4) is 11.5 Å². The quantitative estimate of drug-likeness (QED) is 0.216. The van der Waals surface area contributed by atoms with Crippen molar-refractivity contribution in [1.29, 1.82) is 10.8 Å². The van der Waals surface area contributed by atoms with Gasteiger partial charge in [-0.15, -0.1) is 24.8 Å². The first-order chi connectivity index (χ1) is 16.6. The van der Waals surface area contributed by atoms with E-state index in [0.717, 1.165) is 11.4 Å². The lowest BCUT2D eigenvalue weighted by molar-refractivity contribution is 0.414. The molecule has 3 aromatic carbocycles. The van der Waals surface area contributed by atoms with E-state index in [1.54, 1.807) is 26.4 Å². The van der Waals surface area contributed by atoms with Gasteiger partial charge < -0.3 is 30.7 Å². The number of amidine groups is 2. The van der Waals surface area contributed by atoms with Crippen LogP contribution in [0.5, 0.6) is 11.5 Å². The van der Waals surface area contributed by atoms with E-state index in [2.05, 4.69) is 34.9 Å². The summed E-state index contributed by atoms with van der Waals surface area (Å²) in [5, 5.41) is 15.3. The Bertz CT molecular complexity index is 1160. The van der Waals surface area contributed by atoms with Gasteiger partial charge in [0.2, 0.25) is 0 Å². The summed E-state index contributed by atoms with van der Waals surface area (Å²) in [4.78, 5) is 4.24. The normalized spacial score (nSPS) is 9.97. The van der Waals surface area contributed by atoms with Crippen molar-refractivity contribution in [1.82, 2.24) is 0 Å². The number of hydrogen-bond acceptors (Lipinski definition) is 6. The molecule has 0 saturated heterocycles. The molecule has 37 heavy (non-hydrogen) atoms. The Morgan fingerprint density at radius 2 is 1.08 bits per heavy atom. The summed E-state index contributed by atoms with van der Waals surface area (Å²) >= 11 is 0. The molecule has 3 rings (SSSR count). The first-order valence-electron chi connectivity index (χ1n) is 11.2. The summed E-state index contributed by atoms with van der Waals surface area (Å²) in [6.45, 7) is 3.47. The van der Waals surface area contributed by atoms with Crippen molar-refractivity contribution in [3.05, 3.63) is 82.4 Å². The molecule has 0 aliphatic heterocycles. The van der Waals surface area contributed by atoms with Gasteiger partial charge in [0.05, 0.1) is 25.6 Å². The van der Waals surface area contributed by atoms with Crippen LogP contribution in [-0.4, -0.2) is 40.0 Å². The molecule has 0 fully saturated rings. The average Bonchev–Trinajstić information content (AvgIpc) is 2.82. The van der Waals surface area contributed by atoms with Crippen molar-refractivity contribution in [2.75, 3.05) is 38.1 Å². The Kier molecular flexibility index (Phi) is 11.6. The van der Waals surface area contributed by atoms with Crippen molar-refractivity contribution < 1.29 is 9.47 Å². The Hall–Kier alpha value is -3.62. The summed E-state index contributed by atoms with van der Waals surface area (Å²) < 4.78 is 11.1. The van der Waals surface area contributed by atoms with E-state index in [1.165, 1.54) is 16.7 Å².